The summed E-state index contributed by atoms with van der Waals surface area (Å²) in [4.78, 5) is 2.33. The minimum absolute atomic E-state index is 0.577. The molecule has 1 saturated heterocycles. The number of benzene rings is 1. The smallest absolute Gasteiger partial charge is 0.0642 e. The van der Waals surface area contributed by atoms with Gasteiger partial charge in [-0.3, -0.25) is 0 Å². The lowest BCUT2D eigenvalue weighted by Gasteiger charge is -2.30. The number of anilines is 1. The van der Waals surface area contributed by atoms with Crippen LogP contribution in [-0.2, 0) is 10.6 Å². The highest BCUT2D eigenvalue weighted by Crippen LogP contribution is 2.22. The average molecular weight is 212 g/mol. The fourth-order valence-corrected chi connectivity index (χ4v) is 1.96. The fourth-order valence-electron chi connectivity index (χ4n) is 1.74. The van der Waals surface area contributed by atoms with Gasteiger partial charge in [-0.2, -0.15) is 0 Å². The molecule has 1 aliphatic rings. The Morgan fingerprint density at radius 2 is 1.93 bits per heavy atom. The molecule has 3 heteroatoms. The van der Waals surface area contributed by atoms with Crippen molar-refractivity contribution in [2.24, 2.45) is 0 Å². The van der Waals surface area contributed by atoms with Gasteiger partial charge in [-0.1, -0.05) is 18.2 Å². The number of halogens is 1. The van der Waals surface area contributed by atoms with E-state index in [9.17, 15) is 0 Å². The minimum Gasteiger partial charge on any atom is -0.378 e. The predicted molar refractivity (Wildman–Crippen MR) is 59.0 cm³/mol. The Hall–Kier alpha value is -0.730. The van der Waals surface area contributed by atoms with E-state index in [0.717, 1.165) is 26.3 Å². The van der Waals surface area contributed by atoms with Crippen molar-refractivity contribution in [2.45, 2.75) is 5.88 Å². The lowest BCUT2D eigenvalue weighted by atomic mass is 10.1. The van der Waals surface area contributed by atoms with Gasteiger partial charge < -0.3 is 9.64 Å². The van der Waals surface area contributed by atoms with Gasteiger partial charge in [0, 0.05) is 24.7 Å². The summed E-state index contributed by atoms with van der Waals surface area (Å²) in [6.07, 6.45) is 0. The molecule has 1 heterocycles. The third-order valence-electron chi connectivity index (χ3n) is 2.49. The highest BCUT2D eigenvalue weighted by Gasteiger charge is 2.13. The van der Waals surface area contributed by atoms with Crippen molar-refractivity contribution in [3.05, 3.63) is 29.8 Å². The molecule has 0 aromatic heterocycles. The lowest BCUT2D eigenvalue weighted by Crippen LogP contribution is -2.36. The fraction of sp³-hybridized carbons (Fsp3) is 0.455. The summed E-state index contributed by atoms with van der Waals surface area (Å²) in [7, 11) is 0. The highest BCUT2D eigenvalue weighted by atomic mass is 35.5. The van der Waals surface area contributed by atoms with Crippen molar-refractivity contribution in [3.63, 3.8) is 0 Å². The molecule has 0 atom stereocenters. The Morgan fingerprint density at radius 3 is 2.64 bits per heavy atom. The van der Waals surface area contributed by atoms with Crippen molar-refractivity contribution in [2.75, 3.05) is 31.2 Å². The topological polar surface area (TPSA) is 12.5 Å². The molecule has 0 amide bonds. The Kier molecular flexibility index (Phi) is 3.27. The van der Waals surface area contributed by atoms with E-state index in [1.807, 2.05) is 6.07 Å². The van der Waals surface area contributed by atoms with Gasteiger partial charge in [-0.05, 0) is 11.6 Å². The first-order valence-electron chi connectivity index (χ1n) is 4.88. The lowest BCUT2D eigenvalue weighted by molar-refractivity contribution is 0.122. The molecule has 76 valence electrons. The summed E-state index contributed by atoms with van der Waals surface area (Å²) in [5, 5.41) is 0. The van der Waals surface area contributed by atoms with Crippen molar-refractivity contribution < 1.29 is 4.74 Å². The molecule has 1 fully saturated rings. The van der Waals surface area contributed by atoms with Gasteiger partial charge >= 0.3 is 0 Å². The van der Waals surface area contributed by atoms with E-state index in [1.54, 1.807) is 0 Å². The molecule has 2 nitrogen and oxygen atoms in total. The standard InChI is InChI=1S/C11H14ClNO/c12-9-10-3-1-2-4-11(10)13-5-7-14-8-6-13/h1-4H,5-9H2. The van der Waals surface area contributed by atoms with Gasteiger partial charge in [0.25, 0.3) is 0 Å². The second kappa shape index (κ2) is 4.67. The van der Waals surface area contributed by atoms with Crippen LogP contribution in [0.4, 0.5) is 5.69 Å². The van der Waals surface area contributed by atoms with E-state index >= 15 is 0 Å². The van der Waals surface area contributed by atoms with Crippen LogP contribution in [0.2, 0.25) is 0 Å². The molecular weight excluding hydrogens is 198 g/mol. The third-order valence-corrected chi connectivity index (χ3v) is 2.78. The molecule has 1 aromatic carbocycles. The summed E-state index contributed by atoms with van der Waals surface area (Å²) in [6, 6.07) is 8.29. The Bertz CT molecular complexity index is 297. The minimum atomic E-state index is 0.577. The highest BCUT2D eigenvalue weighted by molar-refractivity contribution is 6.17. The van der Waals surface area contributed by atoms with Crippen LogP contribution in [0.1, 0.15) is 5.56 Å². The van der Waals surface area contributed by atoms with Crippen molar-refractivity contribution in [1.29, 1.82) is 0 Å². The van der Waals surface area contributed by atoms with E-state index in [2.05, 4.69) is 23.1 Å². The zero-order valence-electron chi connectivity index (χ0n) is 8.08. The molecule has 0 saturated carbocycles. The van der Waals surface area contributed by atoms with Crippen LogP contribution >= 0.6 is 11.6 Å². The Morgan fingerprint density at radius 1 is 1.21 bits per heavy atom. The number of para-hydroxylation sites is 1. The maximum atomic E-state index is 5.89. The number of nitrogens with zero attached hydrogens (tertiary/aromatic N) is 1. The summed E-state index contributed by atoms with van der Waals surface area (Å²) in [5.74, 6) is 0.577. The van der Waals surface area contributed by atoms with Gasteiger partial charge in [-0.25, -0.2) is 0 Å². The van der Waals surface area contributed by atoms with E-state index in [-0.39, 0.29) is 0 Å². The number of hydrogen-bond acceptors (Lipinski definition) is 2. The molecule has 1 aliphatic heterocycles. The summed E-state index contributed by atoms with van der Waals surface area (Å²) >= 11 is 5.89. The van der Waals surface area contributed by atoms with Gasteiger partial charge in [0.2, 0.25) is 0 Å². The first-order chi connectivity index (χ1) is 6.92. The number of rotatable bonds is 2. The van der Waals surface area contributed by atoms with Gasteiger partial charge in [0.1, 0.15) is 0 Å². The maximum Gasteiger partial charge on any atom is 0.0642 e. The van der Waals surface area contributed by atoms with Crippen LogP contribution in [0, 0.1) is 0 Å². The monoisotopic (exact) mass is 211 g/mol. The normalized spacial score (nSPS) is 17.1. The van der Waals surface area contributed by atoms with E-state index < -0.39 is 0 Å². The molecule has 0 unspecified atom stereocenters. The second-order valence-electron chi connectivity index (χ2n) is 3.36. The predicted octanol–water partition coefficient (Wildman–Crippen LogP) is 2.26. The van der Waals surface area contributed by atoms with Crippen LogP contribution in [0.15, 0.2) is 24.3 Å². The first-order valence-corrected chi connectivity index (χ1v) is 5.42. The SMILES string of the molecule is ClCc1ccccc1N1CCOCC1. The number of morpholine rings is 1. The van der Waals surface area contributed by atoms with Crippen molar-refractivity contribution in [3.8, 4) is 0 Å². The van der Waals surface area contributed by atoms with Crippen LogP contribution in [0.25, 0.3) is 0 Å². The summed E-state index contributed by atoms with van der Waals surface area (Å²) in [6.45, 7) is 3.56. The largest absolute Gasteiger partial charge is 0.378 e. The van der Waals surface area contributed by atoms with Crippen molar-refractivity contribution in [1.82, 2.24) is 0 Å². The average Bonchev–Trinajstić information content (AvgIpc) is 2.30. The van der Waals surface area contributed by atoms with Gasteiger partial charge in [-0.15, -0.1) is 11.6 Å². The molecule has 2 rings (SSSR count). The molecule has 1 aromatic rings. The molecule has 0 N–H and O–H groups in total. The van der Waals surface area contributed by atoms with Gasteiger partial charge in [0.15, 0.2) is 0 Å². The van der Waals surface area contributed by atoms with E-state index in [1.165, 1.54) is 11.3 Å². The molecule has 0 spiro atoms. The van der Waals surface area contributed by atoms with E-state index in [0.29, 0.717) is 5.88 Å². The number of alkyl halides is 1. The Labute approximate surface area is 89.4 Å². The zero-order chi connectivity index (χ0) is 9.80. The Balaban J connectivity index is 2.20. The van der Waals surface area contributed by atoms with Crippen LogP contribution < -0.4 is 4.90 Å². The van der Waals surface area contributed by atoms with Crippen LogP contribution in [0.3, 0.4) is 0 Å². The number of ether oxygens (including phenoxy) is 1. The van der Waals surface area contributed by atoms with Gasteiger partial charge in [0.05, 0.1) is 13.2 Å². The number of hydrogen-bond donors (Lipinski definition) is 0. The summed E-state index contributed by atoms with van der Waals surface area (Å²) in [5.41, 5.74) is 2.46. The van der Waals surface area contributed by atoms with Crippen molar-refractivity contribution >= 4 is 17.3 Å². The maximum absolute atomic E-state index is 5.89. The van der Waals surface area contributed by atoms with Crippen LogP contribution in [0.5, 0.6) is 0 Å². The third kappa shape index (κ3) is 2.02. The molecule has 0 radical (unpaired) electrons. The quantitative estimate of drug-likeness (QED) is 0.696. The second-order valence-corrected chi connectivity index (χ2v) is 3.63. The first kappa shape index (κ1) is 9.81. The zero-order valence-corrected chi connectivity index (χ0v) is 8.83. The summed E-state index contributed by atoms with van der Waals surface area (Å²) < 4.78 is 5.32. The molecule has 0 bridgehead atoms. The van der Waals surface area contributed by atoms with E-state index in [4.69, 9.17) is 16.3 Å². The molecule has 0 aliphatic carbocycles. The molecular formula is C11H14ClNO. The van der Waals surface area contributed by atoms with Crippen LogP contribution in [-0.4, -0.2) is 26.3 Å². The molecule has 14 heavy (non-hydrogen) atoms.